The zero-order valence-electron chi connectivity index (χ0n) is 21.9. The van der Waals surface area contributed by atoms with E-state index in [1.807, 2.05) is 4.90 Å². The molecule has 0 aromatic heterocycles. The fourth-order valence-corrected chi connectivity index (χ4v) is 5.12. The molecule has 1 aliphatic carbocycles. The summed E-state index contributed by atoms with van der Waals surface area (Å²) in [6.07, 6.45) is 3.95. The lowest BCUT2D eigenvalue weighted by Crippen LogP contribution is -2.40. The number of carbonyl (C=O) groups excluding carboxylic acids is 2. The molecule has 38 heavy (non-hydrogen) atoms. The second-order valence-electron chi connectivity index (χ2n) is 9.75. The minimum Gasteiger partial charge on any atom is -0.493 e. The molecule has 204 valence electrons. The number of carbonyl (C=O) groups is 2. The monoisotopic (exact) mass is 525 g/mol. The van der Waals surface area contributed by atoms with Gasteiger partial charge in [0.1, 0.15) is 5.69 Å². The van der Waals surface area contributed by atoms with Gasteiger partial charge in [0.25, 0.3) is 17.5 Å². The number of anilines is 1. The second kappa shape index (κ2) is 12.1. The van der Waals surface area contributed by atoms with Gasteiger partial charge in [0, 0.05) is 55.5 Å². The third-order valence-corrected chi connectivity index (χ3v) is 7.30. The van der Waals surface area contributed by atoms with E-state index in [4.69, 9.17) is 15.2 Å². The van der Waals surface area contributed by atoms with Crippen molar-refractivity contribution in [3.8, 4) is 11.5 Å². The summed E-state index contributed by atoms with van der Waals surface area (Å²) in [5.41, 5.74) is 7.01. The van der Waals surface area contributed by atoms with E-state index in [2.05, 4.69) is 5.32 Å². The van der Waals surface area contributed by atoms with E-state index in [1.165, 1.54) is 20.3 Å². The number of hydrogen-bond donors (Lipinski definition) is 2. The van der Waals surface area contributed by atoms with E-state index >= 15 is 0 Å². The van der Waals surface area contributed by atoms with Gasteiger partial charge < -0.3 is 30.3 Å². The van der Waals surface area contributed by atoms with Crippen molar-refractivity contribution in [3.63, 3.8) is 0 Å². The number of benzene rings is 2. The van der Waals surface area contributed by atoms with Crippen LogP contribution in [0.25, 0.3) is 0 Å². The fourth-order valence-electron chi connectivity index (χ4n) is 5.12. The molecule has 0 atom stereocenters. The molecule has 0 unspecified atom stereocenters. The van der Waals surface area contributed by atoms with E-state index < -0.39 is 4.92 Å². The van der Waals surface area contributed by atoms with Crippen molar-refractivity contribution in [3.05, 3.63) is 57.6 Å². The molecule has 2 aromatic rings. The first-order chi connectivity index (χ1) is 18.3. The van der Waals surface area contributed by atoms with Gasteiger partial charge in [0.15, 0.2) is 11.5 Å². The highest BCUT2D eigenvalue weighted by Gasteiger charge is 2.27. The maximum atomic E-state index is 13.2. The number of nitro groups is 1. The minimum absolute atomic E-state index is 0.0285. The molecular weight excluding hydrogens is 490 g/mol. The van der Waals surface area contributed by atoms with Crippen molar-refractivity contribution in [2.45, 2.75) is 44.2 Å². The molecule has 0 bridgehead atoms. The predicted octanol–water partition coefficient (Wildman–Crippen LogP) is 2.96. The Bertz CT molecular complexity index is 1180. The average Bonchev–Trinajstić information content (AvgIpc) is 3.19. The Hall–Kier alpha value is -3.86. The van der Waals surface area contributed by atoms with Crippen molar-refractivity contribution in [2.75, 3.05) is 45.3 Å². The summed E-state index contributed by atoms with van der Waals surface area (Å²) in [5.74, 6) is 0.556. The van der Waals surface area contributed by atoms with Gasteiger partial charge in [-0.2, -0.15) is 0 Å². The SMILES string of the molecule is COc1ccc(C(=O)N2CCCN(c3ccc(C(=O)NC4CCC(N)CC4)cc3[N+](=O)[O-])CC2)cc1OC. The largest absolute Gasteiger partial charge is 0.493 e. The third-order valence-electron chi connectivity index (χ3n) is 7.30. The number of nitrogens with zero attached hydrogens (tertiary/aromatic N) is 3. The first-order valence-electron chi connectivity index (χ1n) is 12.9. The Morgan fingerprint density at radius 1 is 0.947 bits per heavy atom. The predicted molar refractivity (Wildman–Crippen MR) is 143 cm³/mol. The first kappa shape index (κ1) is 27.2. The normalized spacial score (nSPS) is 19.9. The number of nitrogens with two attached hydrogens (primary N) is 1. The number of nitro benzene ring substituents is 1. The van der Waals surface area contributed by atoms with E-state index in [9.17, 15) is 19.7 Å². The van der Waals surface area contributed by atoms with E-state index in [0.717, 1.165) is 25.7 Å². The highest BCUT2D eigenvalue weighted by Crippen LogP contribution is 2.31. The molecule has 1 saturated carbocycles. The molecular formula is C27H35N5O6. The summed E-state index contributed by atoms with van der Waals surface area (Å²) in [4.78, 5) is 41.2. The molecule has 0 radical (unpaired) electrons. The molecule has 2 fully saturated rings. The standard InChI is InChI=1S/C27H35N5O6/c1-37-24-11-5-19(17-25(24)38-2)27(34)31-13-3-12-30(14-15-31)22-10-4-18(16-23(22)32(35)36)26(33)29-21-8-6-20(28)7-9-21/h4-5,10-11,16-17,20-21H,3,6-9,12-15,28H2,1-2H3,(H,29,33). The van der Waals surface area contributed by atoms with Crippen molar-refractivity contribution in [1.29, 1.82) is 0 Å². The molecule has 1 heterocycles. The minimum atomic E-state index is -0.455. The van der Waals surface area contributed by atoms with Crippen molar-refractivity contribution in [2.24, 2.45) is 5.73 Å². The number of amides is 2. The number of rotatable bonds is 7. The Kier molecular flexibility index (Phi) is 8.67. The van der Waals surface area contributed by atoms with E-state index in [1.54, 1.807) is 35.2 Å². The van der Waals surface area contributed by atoms with Crippen LogP contribution in [0.15, 0.2) is 36.4 Å². The summed E-state index contributed by atoms with van der Waals surface area (Å²) < 4.78 is 10.6. The molecule has 4 rings (SSSR count). The van der Waals surface area contributed by atoms with Gasteiger partial charge >= 0.3 is 0 Å². The van der Waals surface area contributed by atoms with Crippen LogP contribution in [0, 0.1) is 10.1 Å². The van der Waals surface area contributed by atoms with Crippen molar-refractivity contribution >= 4 is 23.2 Å². The number of hydrogen-bond acceptors (Lipinski definition) is 8. The van der Waals surface area contributed by atoms with E-state index in [-0.39, 0.29) is 35.1 Å². The van der Waals surface area contributed by atoms with Gasteiger partial charge in [-0.1, -0.05) is 0 Å². The summed E-state index contributed by atoms with van der Waals surface area (Å²) in [7, 11) is 3.05. The molecule has 1 aliphatic heterocycles. The number of methoxy groups -OCH3 is 2. The summed E-state index contributed by atoms with van der Waals surface area (Å²) in [6.45, 7) is 1.89. The molecule has 2 amide bonds. The highest BCUT2D eigenvalue weighted by molar-refractivity contribution is 5.96. The van der Waals surface area contributed by atoms with Crippen LogP contribution in [0.1, 0.15) is 52.8 Å². The van der Waals surface area contributed by atoms with Crippen LogP contribution < -0.4 is 25.4 Å². The zero-order valence-corrected chi connectivity index (χ0v) is 21.9. The fraction of sp³-hybridized carbons (Fsp3) is 0.481. The Morgan fingerprint density at radius 3 is 2.34 bits per heavy atom. The first-order valence-corrected chi connectivity index (χ1v) is 12.9. The van der Waals surface area contributed by atoms with Crippen LogP contribution in [0.4, 0.5) is 11.4 Å². The molecule has 0 spiro atoms. The topological polar surface area (TPSA) is 140 Å². The van der Waals surface area contributed by atoms with Crippen molar-refractivity contribution in [1.82, 2.24) is 10.2 Å². The van der Waals surface area contributed by atoms with Gasteiger partial charge in [-0.15, -0.1) is 0 Å². The average molecular weight is 526 g/mol. The van der Waals surface area contributed by atoms with Crippen LogP contribution >= 0.6 is 0 Å². The lowest BCUT2D eigenvalue weighted by Gasteiger charge is -2.27. The maximum absolute atomic E-state index is 13.2. The van der Waals surface area contributed by atoms with Gasteiger partial charge in [-0.05, 0) is 62.4 Å². The molecule has 11 nitrogen and oxygen atoms in total. The van der Waals surface area contributed by atoms with Gasteiger partial charge in [0.05, 0.1) is 19.1 Å². The van der Waals surface area contributed by atoms with Crippen LogP contribution in [0.5, 0.6) is 11.5 Å². The molecule has 1 saturated heterocycles. The second-order valence-corrected chi connectivity index (χ2v) is 9.75. The Morgan fingerprint density at radius 2 is 1.66 bits per heavy atom. The lowest BCUT2D eigenvalue weighted by molar-refractivity contribution is -0.384. The number of ether oxygens (including phenoxy) is 2. The Balaban J connectivity index is 1.45. The van der Waals surface area contributed by atoms with Gasteiger partial charge in [-0.25, -0.2) is 0 Å². The van der Waals surface area contributed by atoms with Gasteiger partial charge in [-0.3, -0.25) is 19.7 Å². The lowest BCUT2D eigenvalue weighted by atomic mass is 9.91. The van der Waals surface area contributed by atoms with Gasteiger partial charge in [0.2, 0.25) is 0 Å². The maximum Gasteiger partial charge on any atom is 0.293 e. The molecule has 11 heteroatoms. The molecule has 2 aromatic carbocycles. The molecule has 3 N–H and O–H groups in total. The third kappa shape index (κ3) is 6.16. The summed E-state index contributed by atoms with van der Waals surface area (Å²) >= 11 is 0. The highest BCUT2D eigenvalue weighted by atomic mass is 16.6. The number of nitrogens with one attached hydrogen (secondary N) is 1. The quantitative estimate of drug-likeness (QED) is 0.415. The smallest absolute Gasteiger partial charge is 0.293 e. The summed E-state index contributed by atoms with van der Waals surface area (Å²) in [6, 6.07) is 9.85. The summed E-state index contributed by atoms with van der Waals surface area (Å²) in [5, 5.41) is 15.0. The van der Waals surface area contributed by atoms with Crippen LogP contribution in [-0.4, -0.2) is 74.1 Å². The Labute approximate surface area is 222 Å². The van der Waals surface area contributed by atoms with Crippen LogP contribution in [0.3, 0.4) is 0 Å². The zero-order chi connectivity index (χ0) is 27.2. The van der Waals surface area contributed by atoms with Crippen LogP contribution in [-0.2, 0) is 0 Å². The van der Waals surface area contributed by atoms with Crippen LogP contribution in [0.2, 0.25) is 0 Å². The van der Waals surface area contributed by atoms with Crippen molar-refractivity contribution < 1.29 is 24.0 Å². The van der Waals surface area contributed by atoms with E-state index in [0.29, 0.717) is 55.3 Å². The molecule has 2 aliphatic rings.